The fraction of sp³-hybridized carbons (Fsp3) is 0.150. The number of hydrogen-bond donors (Lipinski definition) is 2. The smallest absolute Gasteiger partial charge is 0.325 e. The lowest BCUT2D eigenvalue weighted by atomic mass is 9.98. The minimum absolute atomic E-state index is 0.0841. The molecule has 0 fully saturated rings. The van der Waals surface area contributed by atoms with E-state index in [0.717, 1.165) is 5.56 Å². The van der Waals surface area contributed by atoms with E-state index in [2.05, 4.69) is 15.4 Å². The lowest BCUT2D eigenvalue weighted by Gasteiger charge is -2.14. The van der Waals surface area contributed by atoms with Gasteiger partial charge in [-0.15, -0.1) is 0 Å². The Morgan fingerprint density at radius 1 is 1.08 bits per heavy atom. The predicted octanol–water partition coefficient (Wildman–Crippen LogP) is 2.47. The van der Waals surface area contributed by atoms with Crippen LogP contribution in [0.1, 0.15) is 28.4 Å². The van der Waals surface area contributed by atoms with Crippen LogP contribution in [0.5, 0.6) is 0 Å². The number of carbonyl (C=O) groups is 3. The van der Waals surface area contributed by atoms with Gasteiger partial charge in [0, 0.05) is 16.8 Å². The fourth-order valence-corrected chi connectivity index (χ4v) is 2.81. The molecule has 2 N–H and O–H groups in total. The lowest BCUT2D eigenvalue weighted by Crippen LogP contribution is -2.24. The number of hydrogen-bond acceptors (Lipinski definition) is 5. The molecule has 0 bridgehead atoms. The van der Waals surface area contributed by atoms with Crippen molar-refractivity contribution in [2.24, 2.45) is 0 Å². The summed E-state index contributed by atoms with van der Waals surface area (Å²) in [7, 11) is 1.30. The molecule has 0 spiro atoms. The van der Waals surface area contributed by atoms with Crippen molar-refractivity contribution < 1.29 is 19.1 Å². The molecule has 6 nitrogen and oxygen atoms in total. The van der Waals surface area contributed by atoms with Crippen molar-refractivity contribution in [1.82, 2.24) is 5.32 Å². The lowest BCUT2D eigenvalue weighted by molar-refractivity contribution is -0.139. The number of methoxy groups -OCH3 is 1. The molecule has 0 unspecified atom stereocenters. The number of esters is 1. The second kappa shape index (κ2) is 7.23. The topological polar surface area (TPSA) is 84.5 Å². The van der Waals surface area contributed by atoms with Gasteiger partial charge >= 0.3 is 5.97 Å². The van der Waals surface area contributed by atoms with Gasteiger partial charge in [-0.25, -0.2) is 0 Å². The molecule has 1 amide bonds. The highest BCUT2D eigenvalue weighted by Gasteiger charge is 2.29. The van der Waals surface area contributed by atoms with Crippen LogP contribution in [0.15, 0.2) is 48.5 Å². The molecule has 2 aromatic rings. The van der Waals surface area contributed by atoms with E-state index in [1.807, 2.05) is 30.3 Å². The standard InChI is InChI=1S/C20H18N2O4/c1-12(23)14-8-9-16-15(10-14)18(20(25)22-16)19(21-11-17(24)26-2)13-6-4-3-5-7-13/h3-10,21H,11H2,1-2H3,(H,22,25)/b19-18-. The highest BCUT2D eigenvalue weighted by atomic mass is 16.5. The third-order valence-corrected chi connectivity index (χ3v) is 4.12. The van der Waals surface area contributed by atoms with Crippen molar-refractivity contribution in [2.45, 2.75) is 6.92 Å². The van der Waals surface area contributed by atoms with Crippen LogP contribution in [0.2, 0.25) is 0 Å². The largest absolute Gasteiger partial charge is 0.468 e. The van der Waals surface area contributed by atoms with Crippen LogP contribution in [0, 0.1) is 0 Å². The average molecular weight is 350 g/mol. The second-order valence-electron chi connectivity index (χ2n) is 5.82. The summed E-state index contributed by atoms with van der Waals surface area (Å²) in [5, 5.41) is 5.81. The Kier molecular flexibility index (Phi) is 4.84. The van der Waals surface area contributed by atoms with Crippen LogP contribution in [0.3, 0.4) is 0 Å². The van der Waals surface area contributed by atoms with Gasteiger partial charge in [-0.05, 0) is 30.7 Å². The first kappa shape index (κ1) is 17.4. The summed E-state index contributed by atoms with van der Waals surface area (Å²) in [4.78, 5) is 35.9. The maximum absolute atomic E-state index is 12.6. The van der Waals surface area contributed by atoms with Crippen molar-refractivity contribution >= 4 is 34.6 Å². The molecule has 1 aliphatic rings. The number of carbonyl (C=O) groups excluding carboxylic acids is 3. The molecule has 3 rings (SSSR count). The van der Waals surface area contributed by atoms with Crippen LogP contribution in [0.4, 0.5) is 5.69 Å². The number of rotatable bonds is 5. The van der Waals surface area contributed by atoms with Gasteiger partial charge in [-0.1, -0.05) is 30.3 Å². The zero-order chi connectivity index (χ0) is 18.7. The Bertz CT molecular complexity index is 917. The Labute approximate surface area is 150 Å². The van der Waals surface area contributed by atoms with E-state index in [1.54, 1.807) is 18.2 Å². The van der Waals surface area contributed by atoms with Gasteiger partial charge in [0.15, 0.2) is 5.78 Å². The molecule has 0 aliphatic carbocycles. The summed E-state index contributed by atoms with van der Waals surface area (Å²) < 4.78 is 4.68. The first-order valence-electron chi connectivity index (χ1n) is 8.08. The first-order chi connectivity index (χ1) is 12.5. The van der Waals surface area contributed by atoms with E-state index in [0.29, 0.717) is 28.1 Å². The zero-order valence-electron chi connectivity index (χ0n) is 14.5. The number of ether oxygens (including phenoxy) is 1. The summed E-state index contributed by atoms with van der Waals surface area (Å²) in [6, 6.07) is 14.3. The average Bonchev–Trinajstić information content (AvgIpc) is 2.97. The quantitative estimate of drug-likeness (QED) is 0.492. The normalized spacial score (nSPS) is 14.3. The molecule has 0 atom stereocenters. The minimum Gasteiger partial charge on any atom is -0.468 e. The van der Waals surface area contributed by atoms with Crippen LogP contribution < -0.4 is 10.6 Å². The predicted molar refractivity (Wildman–Crippen MR) is 98.4 cm³/mol. The molecule has 1 aliphatic heterocycles. The van der Waals surface area contributed by atoms with Crippen molar-refractivity contribution in [2.75, 3.05) is 19.0 Å². The van der Waals surface area contributed by atoms with Gasteiger partial charge in [0.2, 0.25) is 0 Å². The number of benzene rings is 2. The van der Waals surface area contributed by atoms with Crippen LogP contribution in [0.25, 0.3) is 11.3 Å². The van der Waals surface area contributed by atoms with Crippen molar-refractivity contribution in [3.05, 3.63) is 65.2 Å². The van der Waals surface area contributed by atoms with E-state index >= 15 is 0 Å². The third kappa shape index (κ3) is 3.35. The molecule has 26 heavy (non-hydrogen) atoms. The van der Waals surface area contributed by atoms with Gasteiger partial charge in [0.25, 0.3) is 5.91 Å². The van der Waals surface area contributed by atoms with Crippen molar-refractivity contribution in [3.8, 4) is 0 Å². The van der Waals surface area contributed by atoms with Gasteiger partial charge in [-0.2, -0.15) is 0 Å². The van der Waals surface area contributed by atoms with E-state index < -0.39 is 5.97 Å². The van der Waals surface area contributed by atoms with E-state index in [-0.39, 0.29) is 18.2 Å². The molecular weight excluding hydrogens is 332 g/mol. The monoisotopic (exact) mass is 350 g/mol. The van der Waals surface area contributed by atoms with Gasteiger partial charge in [-0.3, -0.25) is 14.4 Å². The van der Waals surface area contributed by atoms with Crippen molar-refractivity contribution in [3.63, 3.8) is 0 Å². The molecule has 2 aromatic carbocycles. The highest BCUT2D eigenvalue weighted by molar-refractivity contribution is 6.36. The molecule has 132 valence electrons. The van der Waals surface area contributed by atoms with Crippen LogP contribution in [-0.2, 0) is 14.3 Å². The summed E-state index contributed by atoms with van der Waals surface area (Å²) in [6.07, 6.45) is 0. The van der Waals surface area contributed by atoms with Crippen LogP contribution >= 0.6 is 0 Å². The van der Waals surface area contributed by atoms with Crippen LogP contribution in [-0.4, -0.2) is 31.3 Å². The maximum atomic E-state index is 12.6. The Morgan fingerprint density at radius 3 is 2.46 bits per heavy atom. The number of ketones is 1. The first-order valence-corrected chi connectivity index (χ1v) is 8.08. The second-order valence-corrected chi connectivity index (χ2v) is 5.82. The van der Waals surface area contributed by atoms with Crippen molar-refractivity contribution in [1.29, 1.82) is 0 Å². The zero-order valence-corrected chi connectivity index (χ0v) is 14.5. The van der Waals surface area contributed by atoms with Gasteiger partial charge < -0.3 is 15.4 Å². The maximum Gasteiger partial charge on any atom is 0.325 e. The molecule has 6 heteroatoms. The number of nitrogens with one attached hydrogen (secondary N) is 2. The molecule has 0 saturated heterocycles. The molecule has 0 aromatic heterocycles. The Morgan fingerprint density at radius 2 is 1.81 bits per heavy atom. The summed E-state index contributed by atoms with van der Waals surface area (Å²) >= 11 is 0. The van der Waals surface area contributed by atoms with E-state index in [4.69, 9.17) is 0 Å². The third-order valence-electron chi connectivity index (χ3n) is 4.12. The SMILES string of the molecule is COC(=O)CN/C(=C1\C(=O)Nc2ccc(C(C)=O)cc21)c1ccccc1. The minimum atomic E-state index is -0.449. The summed E-state index contributed by atoms with van der Waals surface area (Å²) in [5.41, 5.74) is 3.41. The number of amides is 1. The molecule has 0 radical (unpaired) electrons. The number of anilines is 1. The van der Waals surface area contributed by atoms with Gasteiger partial charge in [0.1, 0.15) is 6.54 Å². The number of Topliss-reactive ketones (excluding diaryl/α,β-unsaturated/α-hetero) is 1. The fourth-order valence-electron chi connectivity index (χ4n) is 2.81. The van der Waals surface area contributed by atoms with Gasteiger partial charge in [0.05, 0.1) is 18.4 Å². The molecule has 0 saturated carbocycles. The summed E-state index contributed by atoms with van der Waals surface area (Å²) in [6.45, 7) is 1.39. The molecular formula is C20H18N2O4. The molecule has 1 heterocycles. The Balaban J connectivity index is 2.16. The summed E-state index contributed by atoms with van der Waals surface area (Å²) in [5.74, 6) is -0.831. The van der Waals surface area contributed by atoms with E-state index in [1.165, 1.54) is 14.0 Å². The highest BCUT2D eigenvalue weighted by Crippen LogP contribution is 2.36. The number of fused-ring (bicyclic) bond motifs is 1. The Hall–Kier alpha value is -3.41. The van der Waals surface area contributed by atoms with E-state index in [9.17, 15) is 14.4 Å².